The summed E-state index contributed by atoms with van der Waals surface area (Å²) in [6.45, 7) is 0.763. The molecule has 0 bridgehead atoms. The topological polar surface area (TPSA) is 90.9 Å². The first-order valence-electron chi connectivity index (χ1n) is 6.05. The summed E-state index contributed by atoms with van der Waals surface area (Å²) in [7, 11) is -2.48. The summed E-state index contributed by atoms with van der Waals surface area (Å²) in [5.74, 6) is 0.421. The Morgan fingerprint density at radius 3 is 2.71 bits per heavy atom. The highest BCUT2D eigenvalue weighted by Crippen LogP contribution is 2.32. The summed E-state index contributed by atoms with van der Waals surface area (Å²) in [4.78, 5) is 11.3. The number of carbonyl (C=O) groups is 1. The number of carbonyl (C=O) groups excluding carboxylic acids is 1. The molecule has 1 heterocycles. The van der Waals surface area contributed by atoms with Crippen molar-refractivity contribution in [1.82, 2.24) is 4.72 Å². The summed E-state index contributed by atoms with van der Waals surface area (Å²) >= 11 is 1.82. The van der Waals surface area contributed by atoms with Gasteiger partial charge in [-0.05, 0) is 12.1 Å². The Labute approximate surface area is 136 Å². The number of esters is 1. The summed E-state index contributed by atoms with van der Waals surface area (Å²) in [5, 5.41) is 0. The number of sulfonamides is 1. The molecule has 9 heteroatoms. The van der Waals surface area contributed by atoms with Gasteiger partial charge in [0, 0.05) is 12.6 Å². The molecule has 0 spiro atoms. The highest BCUT2D eigenvalue weighted by atomic mass is 127. The molecule has 0 amide bonds. The van der Waals surface area contributed by atoms with Crippen molar-refractivity contribution < 1.29 is 27.4 Å². The molecule has 0 aromatic heterocycles. The molecule has 1 aromatic carbocycles. The molecule has 0 radical (unpaired) electrons. The van der Waals surface area contributed by atoms with Crippen molar-refractivity contribution in [2.75, 3.05) is 26.9 Å². The van der Waals surface area contributed by atoms with Crippen LogP contribution in [0.1, 0.15) is 0 Å². The van der Waals surface area contributed by atoms with Crippen molar-refractivity contribution in [2.24, 2.45) is 0 Å². The van der Waals surface area contributed by atoms with Gasteiger partial charge in [0.15, 0.2) is 11.5 Å². The van der Waals surface area contributed by atoms with Gasteiger partial charge in [-0.25, -0.2) is 13.1 Å². The minimum atomic E-state index is -3.73. The fourth-order valence-electron chi connectivity index (χ4n) is 1.67. The first-order valence-corrected chi connectivity index (χ1v) is 8.78. The van der Waals surface area contributed by atoms with Crippen molar-refractivity contribution in [1.29, 1.82) is 0 Å². The third-order valence-electron chi connectivity index (χ3n) is 2.73. The van der Waals surface area contributed by atoms with Crippen molar-refractivity contribution in [3.8, 4) is 11.5 Å². The van der Waals surface area contributed by atoms with E-state index in [1.54, 1.807) is 6.07 Å². The second-order valence-electron chi connectivity index (χ2n) is 4.15. The molecule has 0 saturated carbocycles. The van der Waals surface area contributed by atoms with Gasteiger partial charge < -0.3 is 14.2 Å². The van der Waals surface area contributed by atoms with Crippen molar-refractivity contribution in [3.05, 3.63) is 18.2 Å². The van der Waals surface area contributed by atoms with Crippen LogP contribution in [0.4, 0.5) is 0 Å². The highest BCUT2D eigenvalue weighted by Gasteiger charge is 2.22. The van der Waals surface area contributed by atoms with E-state index in [1.165, 1.54) is 19.2 Å². The average Bonchev–Trinajstić information content (AvgIpc) is 2.51. The lowest BCUT2D eigenvalue weighted by Gasteiger charge is -2.19. The van der Waals surface area contributed by atoms with E-state index < -0.39 is 19.9 Å². The van der Waals surface area contributed by atoms with Crippen LogP contribution in [0.15, 0.2) is 23.1 Å². The Hall–Kier alpha value is -1.07. The van der Waals surface area contributed by atoms with Crippen molar-refractivity contribution >= 4 is 38.6 Å². The Bertz CT molecular complexity index is 633. The van der Waals surface area contributed by atoms with Gasteiger partial charge in [0.2, 0.25) is 10.0 Å². The van der Waals surface area contributed by atoms with Crippen LogP contribution >= 0.6 is 22.6 Å². The summed E-state index contributed by atoms with van der Waals surface area (Å²) in [6.07, 6.45) is 0. The molecule has 7 nitrogen and oxygen atoms in total. The lowest BCUT2D eigenvalue weighted by molar-refractivity contribution is -0.139. The van der Waals surface area contributed by atoms with Crippen molar-refractivity contribution in [2.45, 2.75) is 8.82 Å². The van der Waals surface area contributed by atoms with Crippen LogP contribution in [-0.2, 0) is 19.6 Å². The maximum absolute atomic E-state index is 12.2. The minimum absolute atomic E-state index is 0.0516. The minimum Gasteiger partial charge on any atom is -0.486 e. The van der Waals surface area contributed by atoms with E-state index in [1.807, 2.05) is 22.6 Å². The quantitative estimate of drug-likeness (QED) is 0.423. The second kappa shape index (κ2) is 6.79. The van der Waals surface area contributed by atoms with Gasteiger partial charge in [0.05, 0.1) is 12.0 Å². The zero-order valence-electron chi connectivity index (χ0n) is 11.2. The van der Waals surface area contributed by atoms with Gasteiger partial charge in [-0.3, -0.25) is 4.79 Å². The maximum Gasteiger partial charge on any atom is 0.319 e. The van der Waals surface area contributed by atoms with E-state index in [-0.39, 0.29) is 11.4 Å². The first-order chi connectivity index (χ1) is 9.94. The van der Waals surface area contributed by atoms with Crippen LogP contribution in [0, 0.1) is 0 Å². The number of alkyl halides is 1. The predicted molar refractivity (Wildman–Crippen MR) is 82.4 cm³/mol. The molecule has 21 heavy (non-hydrogen) atoms. The Kier molecular flexibility index (Phi) is 5.27. The van der Waals surface area contributed by atoms with Gasteiger partial charge in [0.1, 0.15) is 17.1 Å². The van der Waals surface area contributed by atoms with E-state index >= 15 is 0 Å². The molecule has 2 rings (SSSR count). The fraction of sp³-hybridized carbons (Fsp3) is 0.417. The van der Waals surface area contributed by atoms with E-state index in [0.717, 1.165) is 0 Å². The maximum atomic E-state index is 12.2. The van der Waals surface area contributed by atoms with Crippen LogP contribution in [0.5, 0.6) is 11.5 Å². The van der Waals surface area contributed by atoms with Crippen LogP contribution in [0.2, 0.25) is 0 Å². The molecule has 1 aliphatic heterocycles. The standard InChI is InChI=1S/C12H14INO6S/c1-18-12(15)9(13)7-14-21(16,17)8-2-3-10-11(6-8)20-5-4-19-10/h2-3,6,9,14H,4-5,7H2,1H3. The number of rotatable bonds is 5. The molecular formula is C12H14INO6S. The Balaban J connectivity index is 2.11. The Morgan fingerprint density at radius 2 is 2.05 bits per heavy atom. The molecular weight excluding hydrogens is 413 g/mol. The number of hydrogen-bond acceptors (Lipinski definition) is 6. The third kappa shape index (κ3) is 3.98. The zero-order chi connectivity index (χ0) is 15.5. The van der Waals surface area contributed by atoms with Gasteiger partial charge in [-0.1, -0.05) is 22.6 Å². The molecule has 1 N–H and O–H groups in total. The molecule has 1 aliphatic rings. The molecule has 1 atom stereocenters. The van der Waals surface area contributed by atoms with Crippen molar-refractivity contribution in [3.63, 3.8) is 0 Å². The molecule has 0 saturated heterocycles. The van der Waals surface area contributed by atoms with Gasteiger partial charge in [0.25, 0.3) is 0 Å². The SMILES string of the molecule is COC(=O)C(I)CNS(=O)(=O)c1ccc2c(c1)OCCO2. The molecule has 0 aliphatic carbocycles. The number of fused-ring (bicyclic) bond motifs is 1. The molecule has 1 aromatic rings. The third-order valence-corrected chi connectivity index (χ3v) is 5.10. The van der Waals surface area contributed by atoms with Crippen LogP contribution in [0.3, 0.4) is 0 Å². The van der Waals surface area contributed by atoms with E-state index in [2.05, 4.69) is 9.46 Å². The highest BCUT2D eigenvalue weighted by molar-refractivity contribution is 14.1. The first kappa shape index (κ1) is 16.3. The molecule has 0 fully saturated rings. The predicted octanol–water partition coefficient (Wildman–Crippen LogP) is 0.713. The van der Waals surface area contributed by atoms with E-state index in [9.17, 15) is 13.2 Å². The number of benzene rings is 1. The van der Waals surface area contributed by atoms with Crippen LogP contribution < -0.4 is 14.2 Å². The lowest BCUT2D eigenvalue weighted by atomic mass is 10.3. The average molecular weight is 427 g/mol. The Morgan fingerprint density at radius 1 is 1.38 bits per heavy atom. The van der Waals surface area contributed by atoms with Crippen LogP contribution in [-0.4, -0.2) is 45.2 Å². The number of ether oxygens (including phenoxy) is 3. The zero-order valence-corrected chi connectivity index (χ0v) is 14.1. The lowest BCUT2D eigenvalue weighted by Crippen LogP contribution is -2.33. The number of hydrogen-bond donors (Lipinski definition) is 1. The summed E-state index contributed by atoms with van der Waals surface area (Å²) < 4.78 is 41.3. The van der Waals surface area contributed by atoms with Gasteiger partial charge in [-0.2, -0.15) is 0 Å². The summed E-state index contributed by atoms with van der Waals surface area (Å²) in [6, 6.07) is 4.37. The second-order valence-corrected chi connectivity index (χ2v) is 7.42. The van der Waals surface area contributed by atoms with Crippen LogP contribution in [0.25, 0.3) is 0 Å². The molecule has 116 valence electrons. The normalized spacial score (nSPS) is 15.3. The molecule has 1 unspecified atom stereocenters. The monoisotopic (exact) mass is 427 g/mol. The number of nitrogens with one attached hydrogen (secondary N) is 1. The largest absolute Gasteiger partial charge is 0.486 e. The summed E-state index contributed by atoms with van der Waals surface area (Å²) in [5.41, 5.74) is 0. The van der Waals surface area contributed by atoms with Gasteiger partial charge in [-0.15, -0.1) is 0 Å². The van der Waals surface area contributed by atoms with Gasteiger partial charge >= 0.3 is 5.97 Å². The van der Waals surface area contributed by atoms with E-state index in [4.69, 9.17) is 9.47 Å². The fourth-order valence-corrected chi connectivity index (χ4v) is 3.50. The number of methoxy groups -OCH3 is 1. The van der Waals surface area contributed by atoms with E-state index in [0.29, 0.717) is 24.7 Å². The smallest absolute Gasteiger partial charge is 0.319 e. The number of halogens is 1.